The van der Waals surface area contributed by atoms with E-state index >= 15 is 33.6 Å². The van der Waals surface area contributed by atoms with Gasteiger partial charge >= 0.3 is 5.97 Å². The molecule has 6 aliphatic rings. The summed E-state index contributed by atoms with van der Waals surface area (Å²) in [4.78, 5) is 153. The molecule has 0 fully saturated rings. The Morgan fingerprint density at radius 3 is 1.80 bits per heavy atom. The normalized spacial score (nSPS) is 19.4. The topological polar surface area (TPSA) is 516 Å². The maximum absolute atomic E-state index is 16.1. The standard InChI is InChI=1S/C79H66N10O22/c1-33(90)81-64(36-5-9-43(91)10-6-36)76(105)86-66-40-21-46(94)29-49(22-40)111-61-26-38(8-15-59(61)97)65-77(106)87-67-41-23-51(37-7-13-50-42(32-80-54(50)24-37)25-57(73(102)85-65)84-74(66)103)70(99)62(27-41)110-48-11-2-34(3-12-48)17-55-72(101)89-69(78(107)88-68(79(108)109)39-19-44(92)28-45(93)20-39)53-30-47(95)31-60(98)63(53)52-16-35(4-14-58(52)96)18-56(71(100)82-55)83-75(67)104/h2-16,19-24,26-32,55-57,64-69,80,91-99H,17-18,25H2,1H3,(H,81,90)(H,82,100)(H,83,104)(H,84,103)(H,85,102)(H,86,105)(H,87,106)(H,88,107)(H,89,101)(H,108,109)/t55-,56+,57+,64?,65?,66?,67+,68-,69-/m0/s1. The van der Waals surface area contributed by atoms with Gasteiger partial charge in [-0.1, -0.05) is 48.5 Å². The first kappa shape index (κ1) is 72.9. The summed E-state index contributed by atoms with van der Waals surface area (Å²) < 4.78 is 12.6. The molecule has 0 saturated carbocycles. The lowest BCUT2D eigenvalue weighted by Gasteiger charge is -2.30. The Hall–Kier alpha value is -15.0. The van der Waals surface area contributed by atoms with Crippen LogP contribution in [0.15, 0.2) is 170 Å². The van der Waals surface area contributed by atoms with E-state index in [1.807, 2.05) is 0 Å². The number of phenolic OH excluding ortho intramolecular Hbond substituents is 9. The van der Waals surface area contributed by atoms with E-state index in [4.69, 9.17) is 9.47 Å². The quantitative estimate of drug-likeness (QED) is 0.0902. The highest BCUT2D eigenvalue weighted by molar-refractivity contribution is 6.02. The minimum absolute atomic E-state index is 0.0121. The number of H-pyrrole nitrogens is 1. The van der Waals surface area contributed by atoms with E-state index in [1.165, 1.54) is 91.1 Å². The fourth-order valence-corrected chi connectivity index (χ4v) is 13.9. The van der Waals surface area contributed by atoms with Crippen LogP contribution in [0.25, 0.3) is 33.2 Å². The molecule has 111 heavy (non-hydrogen) atoms. The summed E-state index contributed by atoms with van der Waals surface area (Å²) in [5, 5.41) is 136. The molecule has 1 aromatic heterocycles. The first-order valence-electron chi connectivity index (χ1n) is 34.3. The van der Waals surface area contributed by atoms with Crippen LogP contribution < -0.4 is 57.3 Å². The number of carbonyl (C=O) groups excluding carboxylic acids is 9. The van der Waals surface area contributed by atoms with Gasteiger partial charge < -0.3 is 113 Å². The number of carbonyl (C=O) groups is 10. The molecule has 7 heterocycles. The summed E-state index contributed by atoms with van der Waals surface area (Å²) in [7, 11) is 0. The van der Waals surface area contributed by atoms with Crippen molar-refractivity contribution in [2.45, 2.75) is 80.6 Å². The summed E-state index contributed by atoms with van der Waals surface area (Å²) in [5.74, 6) is -18.0. The van der Waals surface area contributed by atoms with E-state index in [-0.39, 0.29) is 73.1 Å². The van der Waals surface area contributed by atoms with Gasteiger partial charge in [0.25, 0.3) is 0 Å². The van der Waals surface area contributed by atoms with Crippen LogP contribution in [0, 0.1) is 0 Å². The molecule has 0 radical (unpaired) electrons. The number of rotatable bonds is 8. The highest BCUT2D eigenvalue weighted by Crippen LogP contribution is 2.47. The maximum Gasteiger partial charge on any atom is 0.330 e. The van der Waals surface area contributed by atoms with Crippen molar-refractivity contribution in [1.29, 1.82) is 0 Å². The van der Waals surface area contributed by atoms with Crippen LogP contribution in [0.5, 0.6) is 74.7 Å². The van der Waals surface area contributed by atoms with E-state index in [9.17, 15) is 65.4 Å². The number of ether oxygens (including phenoxy) is 2. The summed E-state index contributed by atoms with van der Waals surface area (Å²) >= 11 is 0. The van der Waals surface area contributed by atoms with Gasteiger partial charge in [-0.25, -0.2) is 4.79 Å². The van der Waals surface area contributed by atoms with Crippen molar-refractivity contribution in [3.63, 3.8) is 0 Å². The molecule has 564 valence electrons. The number of aromatic nitrogens is 1. The molecule has 9 aromatic carbocycles. The lowest BCUT2D eigenvalue weighted by Crippen LogP contribution is -2.57. The monoisotopic (exact) mass is 1510 g/mol. The predicted molar refractivity (Wildman–Crippen MR) is 388 cm³/mol. The number of aliphatic carboxylic acids is 1. The lowest BCUT2D eigenvalue weighted by atomic mass is 9.90. The van der Waals surface area contributed by atoms with Gasteiger partial charge in [0, 0.05) is 78.2 Å². The fourth-order valence-electron chi connectivity index (χ4n) is 13.9. The second-order valence-electron chi connectivity index (χ2n) is 27.0. The smallest absolute Gasteiger partial charge is 0.330 e. The number of hydrogen-bond acceptors (Lipinski definition) is 21. The first-order valence-corrected chi connectivity index (χ1v) is 34.3. The summed E-state index contributed by atoms with van der Waals surface area (Å²) in [6.45, 7) is 1.14. The van der Waals surface area contributed by atoms with E-state index in [1.54, 1.807) is 18.2 Å². The minimum atomic E-state index is -2.18. The number of fused-ring (bicyclic) bond motifs is 13. The van der Waals surface area contributed by atoms with Crippen molar-refractivity contribution in [1.82, 2.24) is 52.8 Å². The number of carboxylic acids is 1. The molecule has 0 aliphatic carbocycles. The number of carboxylic acid groups (broad SMARTS) is 1. The zero-order chi connectivity index (χ0) is 78.5. The van der Waals surface area contributed by atoms with Crippen LogP contribution >= 0.6 is 0 Å². The third-order valence-corrected chi connectivity index (χ3v) is 19.3. The Morgan fingerprint density at radius 1 is 0.459 bits per heavy atom. The number of amides is 9. The molecule has 10 aromatic rings. The Morgan fingerprint density at radius 2 is 1.07 bits per heavy atom. The molecule has 0 spiro atoms. The third kappa shape index (κ3) is 15.1. The van der Waals surface area contributed by atoms with Crippen molar-refractivity contribution in [3.8, 4) is 97.0 Å². The van der Waals surface area contributed by atoms with Crippen molar-refractivity contribution >= 4 is 70.0 Å². The predicted octanol–water partition coefficient (Wildman–Crippen LogP) is 5.42. The number of aromatic hydroxyl groups is 9. The maximum atomic E-state index is 16.1. The van der Waals surface area contributed by atoms with Crippen molar-refractivity contribution in [3.05, 3.63) is 220 Å². The average Bonchev–Trinajstić information content (AvgIpc) is 1.55. The number of nitrogens with one attached hydrogen (secondary N) is 10. The zero-order valence-electron chi connectivity index (χ0n) is 57.9. The Kier molecular flexibility index (Phi) is 19.3. The van der Waals surface area contributed by atoms with Gasteiger partial charge in [0.05, 0.1) is 0 Å². The zero-order valence-corrected chi connectivity index (χ0v) is 57.9. The van der Waals surface area contributed by atoms with E-state index in [0.29, 0.717) is 22.0 Å². The molecule has 19 bridgehead atoms. The number of benzene rings is 9. The van der Waals surface area contributed by atoms with Crippen molar-refractivity contribution < 1.29 is 108 Å². The van der Waals surface area contributed by atoms with Crippen molar-refractivity contribution in [2.75, 3.05) is 0 Å². The Labute approximate surface area is 626 Å². The molecule has 9 atom stereocenters. The summed E-state index contributed by atoms with van der Waals surface area (Å²) in [6, 6.07) is 16.3. The minimum Gasteiger partial charge on any atom is -0.508 e. The second-order valence-corrected chi connectivity index (χ2v) is 27.0. The van der Waals surface area contributed by atoms with Gasteiger partial charge in [-0.3, -0.25) is 43.2 Å². The van der Waals surface area contributed by atoms with Gasteiger partial charge in [-0.05, 0) is 153 Å². The van der Waals surface area contributed by atoms with Crippen LogP contribution in [0.2, 0.25) is 0 Å². The molecule has 16 rings (SSSR count). The molecule has 20 N–H and O–H groups in total. The van der Waals surface area contributed by atoms with E-state index in [2.05, 4.69) is 52.8 Å². The molecule has 6 aliphatic heterocycles. The summed E-state index contributed by atoms with van der Waals surface area (Å²) in [6.07, 6.45) is 0.104. The number of aromatic amines is 1. The Balaban J connectivity index is 0.907. The van der Waals surface area contributed by atoms with Crippen LogP contribution in [0.4, 0.5) is 0 Å². The second kappa shape index (κ2) is 29.4. The van der Waals surface area contributed by atoms with Crippen LogP contribution in [0.1, 0.15) is 93.2 Å². The molecule has 32 nitrogen and oxygen atoms in total. The molecule has 0 saturated heterocycles. The van der Waals surface area contributed by atoms with Crippen LogP contribution in [-0.4, -0.2) is 133 Å². The van der Waals surface area contributed by atoms with E-state index in [0.717, 1.165) is 67.6 Å². The molecule has 3 unspecified atom stereocenters. The molecule has 32 heteroatoms. The lowest BCUT2D eigenvalue weighted by molar-refractivity contribution is -0.142. The van der Waals surface area contributed by atoms with Crippen LogP contribution in [0.3, 0.4) is 0 Å². The average molecular weight is 1510 g/mol. The van der Waals surface area contributed by atoms with Gasteiger partial charge in [0.2, 0.25) is 53.2 Å². The molecular weight excluding hydrogens is 1440 g/mol. The Bertz CT molecular complexity index is 5530. The van der Waals surface area contributed by atoms with Crippen LogP contribution in [-0.2, 0) is 67.2 Å². The fraction of sp³-hybridized carbons (Fsp3) is 0.165. The largest absolute Gasteiger partial charge is 0.508 e. The third-order valence-electron chi connectivity index (χ3n) is 19.3. The van der Waals surface area contributed by atoms with Gasteiger partial charge in [0.1, 0.15) is 100 Å². The number of hydrogen-bond donors (Lipinski definition) is 20. The number of phenols is 9. The summed E-state index contributed by atoms with van der Waals surface area (Å²) in [5.41, 5.74) is -0.577. The van der Waals surface area contributed by atoms with E-state index < -0.39 is 196 Å². The first-order chi connectivity index (χ1) is 53.0. The molecule has 9 amide bonds. The van der Waals surface area contributed by atoms with Gasteiger partial charge in [0.15, 0.2) is 29.0 Å². The van der Waals surface area contributed by atoms with Gasteiger partial charge in [-0.15, -0.1) is 0 Å². The highest BCUT2D eigenvalue weighted by Gasteiger charge is 2.41. The highest BCUT2D eigenvalue weighted by atomic mass is 16.5. The van der Waals surface area contributed by atoms with Gasteiger partial charge in [-0.2, -0.15) is 0 Å². The molecular formula is C79H66N10O22. The SMILES string of the molecule is CC(=O)NC(C(=O)NC1C(=O)N[C@@H]2Cc3c[nH]c4cc(ccc34)-c3cc4cc(c3O)Oc3ccc(cc3)C[C@@H]3NC(=O)[C@@H](Cc5ccc(O)c(c5)-c5c(O)cc(O)cc5[C@@H](C(=O)N[C@H](C(=O)O)c5cc(O)cc(O)c5)NC3=O)NC(=O)[C@@H]4NC(=O)C(NC2=O)c2ccc(O)c(c2)Oc2cc(O)cc1c2)c1ccc(O)cc1. The van der Waals surface area contributed by atoms with Crippen molar-refractivity contribution in [2.24, 2.45) is 0 Å².